The van der Waals surface area contributed by atoms with Gasteiger partial charge in [-0.25, -0.2) is 0 Å². The van der Waals surface area contributed by atoms with Gasteiger partial charge >= 0.3 is 0 Å². The molecule has 4 nitrogen and oxygen atoms in total. The molecule has 4 rings (SSSR count). The number of nitrogens with zero attached hydrogens (tertiary/aromatic N) is 1. The van der Waals surface area contributed by atoms with Crippen LogP contribution in [0.3, 0.4) is 0 Å². The predicted octanol–water partition coefficient (Wildman–Crippen LogP) is 3.11. The van der Waals surface area contributed by atoms with Crippen molar-refractivity contribution in [3.63, 3.8) is 0 Å². The summed E-state index contributed by atoms with van der Waals surface area (Å²) in [5.41, 5.74) is 1.35. The minimum atomic E-state index is 0.506. The van der Waals surface area contributed by atoms with Crippen LogP contribution in [-0.2, 0) is 6.54 Å². The average molecular weight is 311 g/mol. The number of hydrogen-bond donors (Lipinski definition) is 0. The molecule has 0 spiro atoms. The van der Waals surface area contributed by atoms with E-state index in [1.165, 1.54) is 5.56 Å². The van der Waals surface area contributed by atoms with E-state index in [1.54, 1.807) is 0 Å². The standard InChI is InChI=1S/C19H21NO3/c1-2-5-15(6-3-1)12-20-13-16(20)14-23-17-7-8-18-19(11-17)22-10-4-9-21-18/h1-3,5-8,11,16H,4,9-10,12-14H2. The van der Waals surface area contributed by atoms with E-state index >= 15 is 0 Å². The van der Waals surface area contributed by atoms with Gasteiger partial charge in [0.1, 0.15) is 12.4 Å². The van der Waals surface area contributed by atoms with E-state index in [1.807, 2.05) is 18.2 Å². The molecule has 4 heteroatoms. The second-order valence-corrected chi connectivity index (χ2v) is 6.04. The Kier molecular flexibility index (Phi) is 4.07. The molecule has 2 aromatic carbocycles. The third-order valence-electron chi connectivity index (χ3n) is 4.22. The first-order valence-corrected chi connectivity index (χ1v) is 8.19. The molecule has 2 aromatic rings. The van der Waals surface area contributed by atoms with Gasteiger partial charge in [-0.2, -0.15) is 0 Å². The van der Waals surface area contributed by atoms with E-state index in [2.05, 4.69) is 35.2 Å². The monoisotopic (exact) mass is 311 g/mol. The lowest BCUT2D eigenvalue weighted by Gasteiger charge is -2.11. The Bertz CT molecular complexity index is 659. The SMILES string of the molecule is c1ccc(CN2CC2COc2ccc3c(c2)OCCCO3)cc1. The van der Waals surface area contributed by atoms with Gasteiger partial charge in [0, 0.05) is 25.6 Å². The number of hydrogen-bond acceptors (Lipinski definition) is 4. The van der Waals surface area contributed by atoms with E-state index in [9.17, 15) is 0 Å². The molecule has 2 aliphatic heterocycles. The normalized spacial score (nSPS) is 22.3. The van der Waals surface area contributed by atoms with E-state index < -0.39 is 0 Å². The molecule has 0 aromatic heterocycles. The molecular weight excluding hydrogens is 290 g/mol. The summed E-state index contributed by atoms with van der Waals surface area (Å²) >= 11 is 0. The molecule has 120 valence electrons. The highest BCUT2D eigenvalue weighted by atomic mass is 16.5. The van der Waals surface area contributed by atoms with Gasteiger partial charge < -0.3 is 14.2 Å². The summed E-state index contributed by atoms with van der Waals surface area (Å²) in [5.74, 6) is 2.45. The van der Waals surface area contributed by atoms with Crippen molar-refractivity contribution in [3.05, 3.63) is 54.1 Å². The second kappa shape index (κ2) is 6.50. The molecule has 0 N–H and O–H groups in total. The van der Waals surface area contributed by atoms with Gasteiger partial charge in [-0.1, -0.05) is 30.3 Å². The summed E-state index contributed by atoms with van der Waals surface area (Å²) in [6.07, 6.45) is 0.918. The number of rotatable bonds is 5. The van der Waals surface area contributed by atoms with E-state index in [0.717, 1.165) is 36.8 Å². The molecule has 2 aliphatic rings. The molecule has 1 saturated heterocycles. The Hall–Kier alpha value is -2.20. The molecule has 0 amide bonds. The molecule has 0 radical (unpaired) electrons. The zero-order valence-corrected chi connectivity index (χ0v) is 13.1. The fourth-order valence-corrected chi connectivity index (χ4v) is 2.82. The maximum absolute atomic E-state index is 5.93. The Balaban J connectivity index is 1.30. The Morgan fingerprint density at radius 3 is 2.70 bits per heavy atom. The molecule has 23 heavy (non-hydrogen) atoms. The summed E-state index contributed by atoms with van der Waals surface area (Å²) in [4.78, 5) is 2.42. The molecule has 0 aliphatic carbocycles. The van der Waals surface area contributed by atoms with Crippen molar-refractivity contribution in [1.29, 1.82) is 0 Å². The van der Waals surface area contributed by atoms with Crippen molar-refractivity contribution < 1.29 is 14.2 Å². The molecule has 0 bridgehead atoms. The fourth-order valence-electron chi connectivity index (χ4n) is 2.82. The third kappa shape index (κ3) is 3.59. The fraction of sp³-hybridized carbons (Fsp3) is 0.368. The molecule has 2 atom stereocenters. The highest BCUT2D eigenvalue weighted by Crippen LogP contribution is 2.33. The van der Waals surface area contributed by atoms with Crippen molar-refractivity contribution in [2.75, 3.05) is 26.4 Å². The average Bonchev–Trinajstić information content (AvgIpc) is 3.36. The summed E-state index contributed by atoms with van der Waals surface area (Å²) in [5, 5.41) is 0. The first-order chi connectivity index (χ1) is 11.4. The van der Waals surface area contributed by atoms with Gasteiger partial charge in [0.2, 0.25) is 0 Å². The minimum Gasteiger partial charge on any atom is -0.492 e. The molecule has 1 fully saturated rings. The minimum absolute atomic E-state index is 0.506. The quantitative estimate of drug-likeness (QED) is 0.794. The summed E-state index contributed by atoms with van der Waals surface area (Å²) < 4.78 is 17.3. The van der Waals surface area contributed by atoms with Gasteiger partial charge in [0.05, 0.1) is 19.3 Å². The maximum Gasteiger partial charge on any atom is 0.164 e. The van der Waals surface area contributed by atoms with E-state index in [4.69, 9.17) is 14.2 Å². The summed E-state index contributed by atoms with van der Waals surface area (Å²) in [6.45, 7) is 4.22. The van der Waals surface area contributed by atoms with Gasteiger partial charge in [-0.15, -0.1) is 0 Å². The van der Waals surface area contributed by atoms with Crippen LogP contribution in [0, 0.1) is 0 Å². The predicted molar refractivity (Wildman–Crippen MR) is 88.2 cm³/mol. The van der Waals surface area contributed by atoms with Crippen LogP contribution in [0.4, 0.5) is 0 Å². The zero-order chi connectivity index (χ0) is 15.5. The Labute approximate surface area is 136 Å². The summed E-state index contributed by atoms with van der Waals surface area (Å²) in [7, 11) is 0. The van der Waals surface area contributed by atoms with Crippen LogP contribution in [0.2, 0.25) is 0 Å². The zero-order valence-electron chi connectivity index (χ0n) is 13.1. The molecular formula is C19H21NO3. The van der Waals surface area contributed by atoms with Crippen LogP contribution in [-0.4, -0.2) is 37.3 Å². The maximum atomic E-state index is 5.93. The highest BCUT2D eigenvalue weighted by molar-refractivity contribution is 5.45. The van der Waals surface area contributed by atoms with Crippen molar-refractivity contribution in [2.24, 2.45) is 0 Å². The molecule has 2 unspecified atom stereocenters. The molecule has 0 saturated carbocycles. The van der Waals surface area contributed by atoms with Crippen LogP contribution in [0.25, 0.3) is 0 Å². The summed E-state index contributed by atoms with van der Waals surface area (Å²) in [6, 6.07) is 16.9. The third-order valence-corrected chi connectivity index (χ3v) is 4.22. The van der Waals surface area contributed by atoms with Gasteiger partial charge in [0.15, 0.2) is 11.5 Å². The van der Waals surface area contributed by atoms with Gasteiger partial charge in [-0.3, -0.25) is 4.90 Å². The van der Waals surface area contributed by atoms with Crippen LogP contribution < -0.4 is 14.2 Å². The van der Waals surface area contributed by atoms with Crippen LogP contribution in [0.15, 0.2) is 48.5 Å². The van der Waals surface area contributed by atoms with Crippen molar-refractivity contribution >= 4 is 0 Å². The van der Waals surface area contributed by atoms with Crippen molar-refractivity contribution in [3.8, 4) is 17.2 Å². The van der Waals surface area contributed by atoms with Gasteiger partial charge in [0.25, 0.3) is 0 Å². The van der Waals surface area contributed by atoms with Crippen LogP contribution >= 0.6 is 0 Å². The smallest absolute Gasteiger partial charge is 0.164 e. The number of ether oxygens (including phenoxy) is 3. The van der Waals surface area contributed by atoms with E-state index in [-0.39, 0.29) is 0 Å². The number of benzene rings is 2. The Morgan fingerprint density at radius 2 is 1.83 bits per heavy atom. The van der Waals surface area contributed by atoms with E-state index in [0.29, 0.717) is 25.9 Å². The number of fused-ring (bicyclic) bond motifs is 1. The van der Waals surface area contributed by atoms with Gasteiger partial charge in [-0.05, 0) is 17.7 Å². The first kappa shape index (κ1) is 14.4. The molecule has 2 heterocycles. The second-order valence-electron chi connectivity index (χ2n) is 6.04. The first-order valence-electron chi connectivity index (χ1n) is 8.19. The van der Waals surface area contributed by atoms with Crippen molar-refractivity contribution in [2.45, 2.75) is 19.0 Å². The largest absolute Gasteiger partial charge is 0.492 e. The topological polar surface area (TPSA) is 30.7 Å². The van der Waals surface area contributed by atoms with Crippen LogP contribution in [0.1, 0.15) is 12.0 Å². The van der Waals surface area contributed by atoms with Crippen molar-refractivity contribution in [1.82, 2.24) is 4.90 Å². The van der Waals surface area contributed by atoms with Crippen LogP contribution in [0.5, 0.6) is 17.2 Å². The lowest BCUT2D eigenvalue weighted by atomic mass is 10.2. The highest BCUT2D eigenvalue weighted by Gasteiger charge is 2.34. The Morgan fingerprint density at radius 1 is 1.00 bits per heavy atom. The lowest BCUT2D eigenvalue weighted by molar-refractivity contribution is 0.287. The lowest BCUT2D eigenvalue weighted by Crippen LogP contribution is -2.11.